The number of ether oxygens (including phenoxy) is 2. The largest absolute Gasteiger partial charge is 0.399 e. The Labute approximate surface area is 298 Å². The number of carbonyl (C=O) groups is 4. The number of likely N-dealkylation sites (tertiary alicyclic amines) is 1. The molecule has 11 nitrogen and oxygen atoms in total. The minimum Gasteiger partial charge on any atom is -0.399 e. The van der Waals surface area contributed by atoms with E-state index in [1.807, 2.05) is 49.1 Å². The van der Waals surface area contributed by atoms with Crippen molar-refractivity contribution in [2.75, 3.05) is 38.9 Å². The van der Waals surface area contributed by atoms with Gasteiger partial charge in [0.2, 0.25) is 23.6 Å². The molecule has 11 heteroatoms. The van der Waals surface area contributed by atoms with E-state index in [9.17, 15) is 19.2 Å². The Hall–Kier alpha value is -3.96. The molecule has 1 fully saturated rings. The van der Waals surface area contributed by atoms with Crippen molar-refractivity contribution >= 4 is 35.0 Å². The van der Waals surface area contributed by atoms with E-state index >= 15 is 0 Å². The lowest BCUT2D eigenvalue weighted by atomic mass is 9.90. The Balaban J connectivity index is 1.77. The highest BCUT2D eigenvalue weighted by Gasteiger charge is 2.42. The zero-order valence-electron chi connectivity index (χ0n) is 31.2. The van der Waals surface area contributed by atoms with Crippen LogP contribution in [0, 0.1) is 17.8 Å². The van der Waals surface area contributed by atoms with Crippen LogP contribution in [0.2, 0.25) is 0 Å². The molecule has 4 N–H and O–H groups in total. The highest BCUT2D eigenvalue weighted by atomic mass is 16.5. The summed E-state index contributed by atoms with van der Waals surface area (Å²) in [5, 5.41) is 5.87. The predicted molar refractivity (Wildman–Crippen MR) is 197 cm³/mol. The van der Waals surface area contributed by atoms with Gasteiger partial charge in [0.05, 0.1) is 36.6 Å². The predicted octanol–water partition coefficient (Wildman–Crippen LogP) is 4.90. The molecule has 0 spiro atoms. The molecule has 1 saturated heterocycles. The van der Waals surface area contributed by atoms with Crippen molar-refractivity contribution in [3.05, 3.63) is 60.2 Å². The number of hydrogen-bond donors (Lipinski definition) is 3. The lowest BCUT2D eigenvalue weighted by Gasteiger charge is -2.39. The standard InChI is InChI=1S/C39H59N5O6/c1-9-26(4)36(43(6)34(45)22-25(2)3)33(49-7)24-35(46)44-21-13-16-32(44)37(50-8)27(5)38(47)42-31(23-28-14-11-10-12-15-28)39(48)41-30-19-17-29(40)18-20-30/h10-12,14-15,17-20,25-27,31-33,36-37H,9,13,16,21-24,40H2,1-8H3,(H,41,48)(H,42,47). The number of rotatable bonds is 18. The molecule has 1 heterocycles. The maximum Gasteiger partial charge on any atom is 0.247 e. The number of nitrogen functional groups attached to an aromatic ring is 1. The van der Waals surface area contributed by atoms with Gasteiger partial charge in [0, 0.05) is 52.0 Å². The number of nitrogens with two attached hydrogens (primary N) is 1. The summed E-state index contributed by atoms with van der Waals surface area (Å²) in [6, 6.07) is 14.9. The second kappa shape index (κ2) is 19.4. The molecule has 1 aliphatic heterocycles. The van der Waals surface area contributed by atoms with Gasteiger partial charge >= 0.3 is 0 Å². The second-order valence-electron chi connectivity index (χ2n) is 14.1. The minimum atomic E-state index is -0.862. The van der Waals surface area contributed by atoms with Crippen LogP contribution < -0.4 is 16.4 Å². The molecule has 3 rings (SSSR count). The van der Waals surface area contributed by atoms with Crippen LogP contribution >= 0.6 is 0 Å². The summed E-state index contributed by atoms with van der Waals surface area (Å²) in [7, 11) is 4.95. The van der Waals surface area contributed by atoms with E-state index in [1.54, 1.807) is 57.4 Å². The number of carbonyl (C=O) groups excluding carboxylic acids is 4. The molecular weight excluding hydrogens is 634 g/mol. The third-order valence-corrected chi connectivity index (χ3v) is 9.98. The van der Waals surface area contributed by atoms with Crippen LogP contribution in [0.3, 0.4) is 0 Å². The number of nitrogens with one attached hydrogen (secondary N) is 2. The Bertz CT molecular complexity index is 1390. The van der Waals surface area contributed by atoms with Crippen LogP contribution in [0.5, 0.6) is 0 Å². The Morgan fingerprint density at radius 1 is 0.940 bits per heavy atom. The maximum absolute atomic E-state index is 14.0. The van der Waals surface area contributed by atoms with Crippen molar-refractivity contribution < 1.29 is 28.7 Å². The van der Waals surface area contributed by atoms with Crippen molar-refractivity contribution in [3.63, 3.8) is 0 Å². The number of amides is 4. The molecule has 50 heavy (non-hydrogen) atoms. The van der Waals surface area contributed by atoms with Gasteiger partial charge in [-0.25, -0.2) is 0 Å². The molecule has 7 atom stereocenters. The van der Waals surface area contributed by atoms with Gasteiger partial charge in [-0.15, -0.1) is 0 Å². The van der Waals surface area contributed by atoms with E-state index in [4.69, 9.17) is 15.2 Å². The summed E-state index contributed by atoms with van der Waals surface area (Å²) < 4.78 is 11.9. The van der Waals surface area contributed by atoms with Crippen molar-refractivity contribution in [3.8, 4) is 0 Å². The molecular formula is C39H59N5O6. The average molecular weight is 694 g/mol. The molecule has 0 saturated carbocycles. The van der Waals surface area contributed by atoms with Crippen LogP contribution in [0.25, 0.3) is 0 Å². The first kappa shape index (κ1) is 40.5. The van der Waals surface area contributed by atoms with Crippen molar-refractivity contribution in [2.45, 2.75) is 103 Å². The molecule has 276 valence electrons. The van der Waals surface area contributed by atoms with Crippen LogP contribution in [-0.2, 0) is 35.1 Å². The zero-order chi connectivity index (χ0) is 37.0. The number of methoxy groups -OCH3 is 2. The van der Waals surface area contributed by atoms with Crippen LogP contribution in [0.15, 0.2) is 54.6 Å². The summed E-state index contributed by atoms with van der Waals surface area (Å²) in [6.07, 6.45) is 1.97. The Morgan fingerprint density at radius 2 is 1.60 bits per heavy atom. The smallest absolute Gasteiger partial charge is 0.247 e. The van der Waals surface area contributed by atoms with E-state index in [2.05, 4.69) is 24.5 Å². The summed E-state index contributed by atoms with van der Waals surface area (Å²) in [5.41, 5.74) is 7.86. The molecule has 0 aliphatic carbocycles. The summed E-state index contributed by atoms with van der Waals surface area (Å²) in [6.45, 7) is 10.5. The van der Waals surface area contributed by atoms with E-state index in [0.29, 0.717) is 30.8 Å². The molecule has 0 radical (unpaired) electrons. The maximum atomic E-state index is 14.0. The first-order valence-electron chi connectivity index (χ1n) is 17.9. The van der Waals surface area contributed by atoms with Gasteiger partial charge in [0.25, 0.3) is 0 Å². The van der Waals surface area contributed by atoms with Gasteiger partial charge in [0.1, 0.15) is 6.04 Å². The molecule has 2 aromatic carbocycles. The fourth-order valence-electron chi connectivity index (χ4n) is 6.98. The fourth-order valence-corrected chi connectivity index (χ4v) is 6.98. The molecule has 4 amide bonds. The van der Waals surface area contributed by atoms with Gasteiger partial charge in [-0.3, -0.25) is 19.2 Å². The number of benzene rings is 2. The minimum absolute atomic E-state index is 0.0332. The quantitative estimate of drug-likeness (QED) is 0.189. The third kappa shape index (κ3) is 11.0. The van der Waals surface area contributed by atoms with E-state index in [0.717, 1.165) is 18.4 Å². The van der Waals surface area contributed by atoms with E-state index in [-0.39, 0.29) is 60.4 Å². The topological polar surface area (TPSA) is 143 Å². The second-order valence-corrected chi connectivity index (χ2v) is 14.1. The molecule has 0 bridgehead atoms. The first-order valence-corrected chi connectivity index (χ1v) is 17.9. The van der Waals surface area contributed by atoms with Crippen LogP contribution in [-0.4, -0.2) is 91.6 Å². The van der Waals surface area contributed by atoms with Gasteiger partial charge in [-0.05, 0) is 54.5 Å². The normalized spacial score (nSPS) is 18.1. The zero-order valence-corrected chi connectivity index (χ0v) is 31.2. The van der Waals surface area contributed by atoms with Crippen molar-refractivity contribution in [1.82, 2.24) is 15.1 Å². The average Bonchev–Trinajstić information content (AvgIpc) is 3.58. The van der Waals surface area contributed by atoms with Gasteiger partial charge < -0.3 is 35.6 Å². The van der Waals surface area contributed by atoms with E-state index < -0.39 is 24.2 Å². The fraction of sp³-hybridized carbons (Fsp3) is 0.590. The van der Waals surface area contributed by atoms with Gasteiger partial charge in [0.15, 0.2) is 0 Å². The number of hydrogen-bond acceptors (Lipinski definition) is 7. The van der Waals surface area contributed by atoms with Gasteiger partial charge in [-0.1, -0.05) is 71.4 Å². The highest BCUT2D eigenvalue weighted by molar-refractivity contribution is 5.97. The summed E-state index contributed by atoms with van der Waals surface area (Å²) in [4.78, 5) is 58.1. The monoisotopic (exact) mass is 693 g/mol. The van der Waals surface area contributed by atoms with Crippen LogP contribution in [0.4, 0.5) is 11.4 Å². The Morgan fingerprint density at radius 3 is 2.18 bits per heavy atom. The molecule has 0 aromatic heterocycles. The van der Waals surface area contributed by atoms with E-state index in [1.165, 1.54) is 0 Å². The lowest BCUT2D eigenvalue weighted by Crippen LogP contribution is -2.54. The molecule has 1 aliphatic rings. The number of anilines is 2. The molecule has 2 aromatic rings. The lowest BCUT2D eigenvalue weighted by molar-refractivity contribution is -0.146. The highest BCUT2D eigenvalue weighted by Crippen LogP contribution is 2.29. The van der Waals surface area contributed by atoms with Crippen molar-refractivity contribution in [2.24, 2.45) is 17.8 Å². The molecule has 7 unspecified atom stereocenters. The summed E-state index contributed by atoms with van der Waals surface area (Å²) in [5.74, 6) is -1.12. The summed E-state index contributed by atoms with van der Waals surface area (Å²) >= 11 is 0. The van der Waals surface area contributed by atoms with Crippen molar-refractivity contribution in [1.29, 1.82) is 0 Å². The SMILES string of the molecule is CCC(C)C(C(CC(=O)N1CCCC1C(OC)C(C)C(=O)NC(Cc1ccccc1)C(=O)Nc1ccc(N)cc1)OC)N(C)C(=O)CC(C)C. The third-order valence-electron chi connectivity index (χ3n) is 9.98. The number of likely N-dealkylation sites (N-methyl/N-ethyl adjacent to an activating group) is 1. The van der Waals surface area contributed by atoms with Crippen LogP contribution in [0.1, 0.15) is 72.3 Å². The first-order chi connectivity index (χ1) is 23.8. The Kier molecular flexibility index (Phi) is 15.7. The number of nitrogens with zero attached hydrogens (tertiary/aromatic N) is 2. The van der Waals surface area contributed by atoms with Gasteiger partial charge in [-0.2, -0.15) is 0 Å².